The van der Waals surface area contributed by atoms with Crippen molar-refractivity contribution < 1.29 is 0 Å². The third-order valence-corrected chi connectivity index (χ3v) is 6.16. The van der Waals surface area contributed by atoms with E-state index in [4.69, 9.17) is 4.98 Å². The Morgan fingerprint density at radius 2 is 1.87 bits per heavy atom. The summed E-state index contributed by atoms with van der Waals surface area (Å²) in [5.41, 5.74) is 1.30. The van der Waals surface area contributed by atoms with E-state index < -0.39 is 0 Å². The zero-order chi connectivity index (χ0) is 10.8. The summed E-state index contributed by atoms with van der Waals surface area (Å²) < 4.78 is 2.99. The number of hydrogen-bond acceptors (Lipinski definition) is 2. The van der Waals surface area contributed by atoms with E-state index >= 15 is 0 Å². The van der Waals surface area contributed by atoms with Crippen molar-refractivity contribution in [1.29, 1.82) is 0 Å². The summed E-state index contributed by atoms with van der Waals surface area (Å²) in [5, 5.41) is 0. The summed E-state index contributed by atoms with van der Waals surface area (Å²) in [6, 6.07) is 0. The fraction of sp³-hybridized carbons (Fsp3) is 0.750. The molecule has 3 heteroatoms. The third kappa shape index (κ3) is 2.46. The van der Waals surface area contributed by atoms with E-state index in [1.165, 1.54) is 42.7 Å². The molecule has 0 radical (unpaired) electrons. The van der Waals surface area contributed by atoms with Gasteiger partial charge in [-0.2, -0.15) is 0 Å². The molecule has 1 aromatic heterocycles. The molecule has 84 valence electrons. The summed E-state index contributed by atoms with van der Waals surface area (Å²) in [5.74, 6) is 0.677. The molecule has 2 heterocycles. The molecule has 0 unspecified atom stereocenters. The standard InChI is InChI=1S/C12H20N2Se/c1-9(2)11-10(3)13-12(15-11)14-7-5-4-6-8-14/h9H,4-8H2,1-3H3. The van der Waals surface area contributed by atoms with E-state index in [-0.39, 0.29) is 0 Å². The van der Waals surface area contributed by atoms with Crippen LogP contribution in [0.25, 0.3) is 0 Å². The summed E-state index contributed by atoms with van der Waals surface area (Å²) in [6.07, 6.45) is 4.11. The van der Waals surface area contributed by atoms with Gasteiger partial charge in [0.2, 0.25) is 0 Å². The molecular formula is C12H20N2Se. The molecule has 0 N–H and O–H groups in total. The van der Waals surface area contributed by atoms with E-state index in [0.717, 1.165) is 0 Å². The Morgan fingerprint density at radius 1 is 1.20 bits per heavy atom. The summed E-state index contributed by atoms with van der Waals surface area (Å²) >= 11 is 0.510. The first-order chi connectivity index (χ1) is 7.18. The predicted octanol–water partition coefficient (Wildman–Crippen LogP) is 2.56. The quantitative estimate of drug-likeness (QED) is 0.769. The maximum absolute atomic E-state index is 4.76. The number of nitrogens with zero attached hydrogens (tertiary/aromatic N) is 2. The molecule has 15 heavy (non-hydrogen) atoms. The van der Waals surface area contributed by atoms with Crippen molar-refractivity contribution in [1.82, 2.24) is 4.98 Å². The van der Waals surface area contributed by atoms with Crippen molar-refractivity contribution in [2.75, 3.05) is 18.0 Å². The van der Waals surface area contributed by atoms with Gasteiger partial charge in [-0.15, -0.1) is 0 Å². The van der Waals surface area contributed by atoms with Crippen molar-refractivity contribution in [2.45, 2.75) is 46.0 Å². The molecule has 1 saturated heterocycles. The van der Waals surface area contributed by atoms with Crippen molar-refractivity contribution in [3.05, 3.63) is 10.1 Å². The Hall–Kier alpha value is -0.271. The van der Waals surface area contributed by atoms with Crippen molar-refractivity contribution in [3.8, 4) is 0 Å². The Balaban J connectivity index is 2.17. The average molecular weight is 271 g/mol. The molecule has 0 amide bonds. The molecule has 0 aromatic carbocycles. The van der Waals surface area contributed by atoms with Gasteiger partial charge >= 0.3 is 98.3 Å². The van der Waals surface area contributed by atoms with Gasteiger partial charge in [0.15, 0.2) is 0 Å². The average Bonchev–Trinajstić information content (AvgIpc) is 2.62. The minimum absolute atomic E-state index is 0.510. The van der Waals surface area contributed by atoms with E-state index in [1.54, 1.807) is 4.44 Å². The zero-order valence-electron chi connectivity index (χ0n) is 9.92. The van der Waals surface area contributed by atoms with Crippen LogP contribution >= 0.6 is 0 Å². The van der Waals surface area contributed by atoms with Gasteiger partial charge in [0, 0.05) is 0 Å². The molecule has 2 rings (SSSR count). The monoisotopic (exact) mass is 272 g/mol. The number of rotatable bonds is 2. The van der Waals surface area contributed by atoms with E-state index in [9.17, 15) is 0 Å². The molecule has 1 aliphatic heterocycles. The third-order valence-electron chi connectivity index (χ3n) is 2.97. The predicted molar refractivity (Wildman–Crippen MR) is 66.1 cm³/mol. The van der Waals surface area contributed by atoms with Crippen molar-refractivity contribution in [2.24, 2.45) is 0 Å². The van der Waals surface area contributed by atoms with Gasteiger partial charge in [-0.05, 0) is 0 Å². The van der Waals surface area contributed by atoms with Gasteiger partial charge < -0.3 is 0 Å². The van der Waals surface area contributed by atoms with Crippen molar-refractivity contribution in [3.63, 3.8) is 0 Å². The van der Waals surface area contributed by atoms with Crippen LogP contribution in [-0.4, -0.2) is 32.6 Å². The molecule has 0 spiro atoms. The topological polar surface area (TPSA) is 16.1 Å². The van der Waals surface area contributed by atoms with Crippen LogP contribution in [0.2, 0.25) is 0 Å². The van der Waals surface area contributed by atoms with E-state index in [1.807, 2.05) is 0 Å². The van der Waals surface area contributed by atoms with Crippen LogP contribution in [0.15, 0.2) is 0 Å². The van der Waals surface area contributed by atoms with E-state index in [2.05, 4.69) is 25.7 Å². The second-order valence-corrected chi connectivity index (χ2v) is 6.77. The molecule has 1 aromatic rings. The van der Waals surface area contributed by atoms with Crippen LogP contribution in [0, 0.1) is 6.92 Å². The Morgan fingerprint density at radius 3 is 2.40 bits per heavy atom. The van der Waals surface area contributed by atoms with Crippen LogP contribution in [-0.2, 0) is 0 Å². The van der Waals surface area contributed by atoms with Crippen LogP contribution < -0.4 is 4.90 Å². The van der Waals surface area contributed by atoms with E-state index in [0.29, 0.717) is 20.4 Å². The van der Waals surface area contributed by atoms with Gasteiger partial charge in [0.25, 0.3) is 0 Å². The van der Waals surface area contributed by atoms with Crippen LogP contribution in [0.5, 0.6) is 0 Å². The van der Waals surface area contributed by atoms with Gasteiger partial charge in [-0.3, -0.25) is 0 Å². The van der Waals surface area contributed by atoms with Crippen LogP contribution in [0.1, 0.15) is 49.2 Å². The first kappa shape index (κ1) is 11.2. The normalized spacial score (nSPS) is 17.5. The molecule has 1 aliphatic rings. The maximum atomic E-state index is 4.76. The second-order valence-electron chi connectivity index (χ2n) is 4.65. The SMILES string of the molecule is Cc1nc(N2CCCCC2)[se]c1C(C)C. The Kier molecular flexibility index (Phi) is 3.52. The number of piperidine rings is 1. The number of aryl methyl sites for hydroxylation is 1. The van der Waals surface area contributed by atoms with Crippen LogP contribution in [0.4, 0.5) is 4.69 Å². The first-order valence-corrected chi connectivity index (χ1v) is 7.62. The van der Waals surface area contributed by atoms with Gasteiger partial charge in [0.05, 0.1) is 0 Å². The van der Waals surface area contributed by atoms with Gasteiger partial charge in [-0.25, -0.2) is 0 Å². The molecule has 0 aliphatic carbocycles. The molecule has 0 saturated carbocycles. The zero-order valence-corrected chi connectivity index (χ0v) is 11.6. The first-order valence-electron chi connectivity index (χ1n) is 5.90. The molecular weight excluding hydrogens is 251 g/mol. The molecule has 1 fully saturated rings. The number of aromatic nitrogens is 1. The number of hydrogen-bond donors (Lipinski definition) is 0. The molecule has 0 bridgehead atoms. The van der Waals surface area contributed by atoms with Crippen LogP contribution in [0.3, 0.4) is 0 Å². The minimum atomic E-state index is 0.510. The molecule has 2 nitrogen and oxygen atoms in total. The second kappa shape index (κ2) is 4.71. The Bertz CT molecular complexity index is 324. The fourth-order valence-electron chi connectivity index (χ4n) is 2.15. The summed E-state index contributed by atoms with van der Waals surface area (Å²) in [4.78, 5) is 7.28. The van der Waals surface area contributed by atoms with Gasteiger partial charge in [0.1, 0.15) is 0 Å². The van der Waals surface area contributed by atoms with Crippen molar-refractivity contribution >= 4 is 19.2 Å². The Labute approximate surface area is 98.4 Å². The number of anilines is 1. The van der Waals surface area contributed by atoms with Gasteiger partial charge in [-0.1, -0.05) is 0 Å². The summed E-state index contributed by atoms with van der Waals surface area (Å²) in [7, 11) is 0. The summed E-state index contributed by atoms with van der Waals surface area (Å²) in [6.45, 7) is 9.22. The fourth-order valence-corrected chi connectivity index (χ4v) is 4.50. The molecule has 0 atom stereocenters.